The van der Waals surface area contributed by atoms with E-state index in [0.29, 0.717) is 10.0 Å². The Kier molecular flexibility index (Phi) is 4.95. The lowest BCUT2D eigenvalue weighted by Crippen LogP contribution is -2.24. The minimum absolute atomic E-state index is 0.00777. The number of benzene rings is 2. The first-order chi connectivity index (χ1) is 9.88. The lowest BCUT2D eigenvalue weighted by atomic mass is 10.1. The van der Waals surface area contributed by atoms with Gasteiger partial charge in [-0.1, -0.05) is 15.9 Å². The van der Waals surface area contributed by atoms with Crippen molar-refractivity contribution in [3.8, 4) is 0 Å². The molecule has 0 spiro atoms. The molecule has 0 aromatic heterocycles. The molecule has 0 unspecified atom stereocenters. The summed E-state index contributed by atoms with van der Waals surface area (Å²) in [6.07, 6.45) is 0. The number of carbonyl (C=O) groups excluding carboxylic acids is 1. The van der Waals surface area contributed by atoms with Gasteiger partial charge in [-0.2, -0.15) is 0 Å². The Bertz CT molecular complexity index is 708. The van der Waals surface area contributed by atoms with Gasteiger partial charge in [-0.3, -0.25) is 4.79 Å². The van der Waals surface area contributed by atoms with Crippen molar-refractivity contribution in [2.45, 2.75) is 6.54 Å². The van der Waals surface area contributed by atoms with E-state index in [1.807, 2.05) is 0 Å². The van der Waals surface area contributed by atoms with Gasteiger partial charge < -0.3 is 11.1 Å². The van der Waals surface area contributed by atoms with E-state index in [9.17, 15) is 13.6 Å². The van der Waals surface area contributed by atoms with Gasteiger partial charge in [-0.25, -0.2) is 8.78 Å². The molecule has 0 saturated carbocycles. The van der Waals surface area contributed by atoms with Crippen LogP contribution in [0.4, 0.5) is 14.5 Å². The number of amides is 1. The van der Waals surface area contributed by atoms with Crippen molar-refractivity contribution in [1.82, 2.24) is 5.32 Å². The Morgan fingerprint density at radius 3 is 2.57 bits per heavy atom. The molecule has 0 atom stereocenters. The lowest BCUT2D eigenvalue weighted by Gasteiger charge is -2.09. The molecule has 0 radical (unpaired) electrons. The molecular formula is C14H10Br2F2N2O. The summed E-state index contributed by atoms with van der Waals surface area (Å²) in [7, 11) is 0. The highest BCUT2D eigenvalue weighted by atomic mass is 79.9. The second-order valence-corrected chi connectivity index (χ2v) is 6.04. The van der Waals surface area contributed by atoms with E-state index in [4.69, 9.17) is 5.73 Å². The summed E-state index contributed by atoms with van der Waals surface area (Å²) in [6, 6.07) is 6.79. The third-order valence-electron chi connectivity index (χ3n) is 2.78. The molecule has 0 fully saturated rings. The minimum atomic E-state index is -0.614. The first-order valence-corrected chi connectivity index (χ1v) is 7.43. The Hall–Kier alpha value is -1.47. The summed E-state index contributed by atoms with van der Waals surface area (Å²) < 4.78 is 27.8. The largest absolute Gasteiger partial charge is 0.396 e. The smallest absolute Gasteiger partial charge is 0.252 e. The molecule has 3 N–H and O–H groups in total. The first-order valence-electron chi connectivity index (χ1n) is 5.85. The Morgan fingerprint density at radius 2 is 1.86 bits per heavy atom. The van der Waals surface area contributed by atoms with Crippen molar-refractivity contribution in [2.75, 3.05) is 5.73 Å². The van der Waals surface area contributed by atoms with E-state index in [1.165, 1.54) is 12.1 Å². The quantitative estimate of drug-likeness (QED) is 0.738. The van der Waals surface area contributed by atoms with Gasteiger partial charge in [0.15, 0.2) is 0 Å². The number of nitrogens with one attached hydrogen (secondary N) is 1. The zero-order valence-electron chi connectivity index (χ0n) is 10.6. The van der Waals surface area contributed by atoms with Gasteiger partial charge in [0, 0.05) is 21.1 Å². The summed E-state index contributed by atoms with van der Waals surface area (Å²) in [5.41, 5.74) is 5.83. The fraction of sp³-hybridized carbons (Fsp3) is 0.0714. The van der Waals surface area contributed by atoms with Crippen LogP contribution in [0.25, 0.3) is 0 Å². The summed E-state index contributed by atoms with van der Waals surface area (Å²) in [6.45, 7) is 0.00777. The van der Waals surface area contributed by atoms with Crippen molar-refractivity contribution in [2.24, 2.45) is 0 Å². The molecule has 110 valence electrons. The highest BCUT2D eigenvalue weighted by Gasteiger charge is 2.14. The van der Waals surface area contributed by atoms with Crippen LogP contribution in [-0.4, -0.2) is 5.91 Å². The third kappa shape index (κ3) is 3.79. The molecular weight excluding hydrogens is 410 g/mol. The van der Waals surface area contributed by atoms with Gasteiger partial charge in [-0.05, 0) is 46.3 Å². The van der Waals surface area contributed by atoms with Crippen LogP contribution < -0.4 is 11.1 Å². The van der Waals surface area contributed by atoms with Crippen molar-refractivity contribution in [3.63, 3.8) is 0 Å². The van der Waals surface area contributed by atoms with Crippen LogP contribution in [0.5, 0.6) is 0 Å². The second-order valence-electron chi connectivity index (χ2n) is 4.27. The van der Waals surface area contributed by atoms with Crippen molar-refractivity contribution >= 4 is 43.5 Å². The van der Waals surface area contributed by atoms with E-state index >= 15 is 0 Å². The third-order valence-corrected chi connectivity index (χ3v) is 3.93. The van der Waals surface area contributed by atoms with Gasteiger partial charge in [0.1, 0.15) is 11.6 Å². The summed E-state index contributed by atoms with van der Waals surface area (Å²) in [4.78, 5) is 12.0. The fourth-order valence-corrected chi connectivity index (χ4v) is 2.59. The standard InChI is InChI=1S/C14H10Br2F2N2O/c15-8-1-2-11(17)7(3-8)6-20-14(21)9-4-13(19)12(18)5-10(9)16/h1-5H,6,19H2,(H,20,21). The molecule has 0 bridgehead atoms. The van der Waals surface area contributed by atoms with E-state index in [0.717, 1.165) is 6.07 Å². The molecule has 0 saturated heterocycles. The van der Waals surface area contributed by atoms with E-state index < -0.39 is 17.5 Å². The monoisotopic (exact) mass is 418 g/mol. The maximum atomic E-state index is 13.6. The maximum absolute atomic E-state index is 13.6. The molecule has 0 heterocycles. The number of halogens is 4. The molecule has 7 heteroatoms. The van der Waals surface area contributed by atoms with Crippen LogP contribution in [0.2, 0.25) is 0 Å². The van der Waals surface area contributed by atoms with Crippen molar-refractivity contribution < 1.29 is 13.6 Å². The molecule has 3 nitrogen and oxygen atoms in total. The number of rotatable bonds is 3. The Balaban J connectivity index is 2.15. The number of hydrogen-bond donors (Lipinski definition) is 2. The molecule has 2 aromatic carbocycles. The number of nitrogens with two attached hydrogens (primary N) is 1. The highest BCUT2D eigenvalue weighted by Crippen LogP contribution is 2.23. The van der Waals surface area contributed by atoms with Crippen molar-refractivity contribution in [3.05, 3.63) is 62.0 Å². The Labute approximate surface area is 136 Å². The van der Waals surface area contributed by atoms with Gasteiger partial charge >= 0.3 is 0 Å². The maximum Gasteiger partial charge on any atom is 0.252 e. The van der Waals surface area contributed by atoms with Crippen LogP contribution in [0.15, 0.2) is 39.3 Å². The fourth-order valence-electron chi connectivity index (χ4n) is 1.69. The van der Waals surface area contributed by atoms with Gasteiger partial charge in [0.2, 0.25) is 0 Å². The number of anilines is 1. The summed E-state index contributed by atoms with van der Waals surface area (Å²) in [5.74, 6) is -1.51. The average molecular weight is 420 g/mol. The predicted octanol–water partition coefficient (Wildman–Crippen LogP) is 4.00. The molecule has 21 heavy (non-hydrogen) atoms. The highest BCUT2D eigenvalue weighted by molar-refractivity contribution is 9.10. The number of nitrogen functional groups attached to an aromatic ring is 1. The molecule has 0 aliphatic carbocycles. The van der Waals surface area contributed by atoms with Gasteiger partial charge in [0.05, 0.1) is 11.3 Å². The minimum Gasteiger partial charge on any atom is -0.396 e. The van der Waals surface area contributed by atoms with Crippen LogP contribution in [0.3, 0.4) is 0 Å². The summed E-state index contributed by atoms with van der Waals surface area (Å²) >= 11 is 6.33. The Morgan fingerprint density at radius 1 is 1.14 bits per heavy atom. The predicted molar refractivity (Wildman–Crippen MR) is 83.8 cm³/mol. The average Bonchev–Trinajstić information content (AvgIpc) is 2.43. The zero-order chi connectivity index (χ0) is 15.6. The van der Waals surface area contributed by atoms with E-state index in [2.05, 4.69) is 37.2 Å². The first kappa shape index (κ1) is 15.9. The molecule has 0 aliphatic rings. The molecule has 1 amide bonds. The van der Waals surface area contributed by atoms with Crippen LogP contribution >= 0.6 is 31.9 Å². The number of carbonyl (C=O) groups is 1. The van der Waals surface area contributed by atoms with E-state index in [1.54, 1.807) is 12.1 Å². The normalized spacial score (nSPS) is 10.5. The molecule has 0 aliphatic heterocycles. The number of hydrogen-bond acceptors (Lipinski definition) is 2. The van der Waals surface area contributed by atoms with E-state index in [-0.39, 0.29) is 22.3 Å². The van der Waals surface area contributed by atoms with Crippen LogP contribution in [0, 0.1) is 11.6 Å². The SMILES string of the molecule is Nc1cc(C(=O)NCc2cc(Br)ccc2F)c(Br)cc1F. The second kappa shape index (κ2) is 6.53. The van der Waals surface area contributed by atoms with Crippen molar-refractivity contribution in [1.29, 1.82) is 0 Å². The lowest BCUT2D eigenvalue weighted by molar-refractivity contribution is 0.0950. The molecule has 2 aromatic rings. The van der Waals surface area contributed by atoms with Gasteiger partial charge in [-0.15, -0.1) is 0 Å². The van der Waals surface area contributed by atoms with Gasteiger partial charge in [0.25, 0.3) is 5.91 Å². The topological polar surface area (TPSA) is 55.1 Å². The molecule has 2 rings (SSSR count). The van der Waals surface area contributed by atoms with Crippen LogP contribution in [0.1, 0.15) is 15.9 Å². The summed E-state index contributed by atoms with van der Waals surface area (Å²) in [5, 5.41) is 2.56. The van der Waals surface area contributed by atoms with Crippen LogP contribution in [-0.2, 0) is 6.54 Å². The zero-order valence-corrected chi connectivity index (χ0v) is 13.8.